The average Bonchev–Trinajstić information content (AvgIpc) is 3.73. The summed E-state index contributed by atoms with van der Waals surface area (Å²) in [6, 6.07) is 23.1. The zero-order chi connectivity index (χ0) is 41.6. The van der Waals surface area contributed by atoms with Crippen LogP contribution in [0.15, 0.2) is 95.7 Å². The minimum Gasteiger partial charge on any atom is -0.455 e. The molecule has 5 N–H and O–H groups in total. The Morgan fingerprint density at radius 2 is 1.83 bits per heavy atom. The van der Waals surface area contributed by atoms with Gasteiger partial charge in [0.2, 0.25) is 0 Å². The molecule has 2 saturated heterocycles. The van der Waals surface area contributed by atoms with Gasteiger partial charge in [-0.25, -0.2) is 14.0 Å². The van der Waals surface area contributed by atoms with E-state index in [1.54, 1.807) is 37.0 Å². The van der Waals surface area contributed by atoms with Gasteiger partial charge < -0.3 is 24.7 Å². The first-order valence-electron chi connectivity index (χ1n) is 20.8. The Morgan fingerprint density at radius 3 is 2.62 bits per heavy atom. The van der Waals surface area contributed by atoms with Gasteiger partial charge >= 0.3 is 0 Å². The van der Waals surface area contributed by atoms with E-state index in [4.69, 9.17) is 25.9 Å². The number of fused-ring (bicyclic) bond motifs is 1. The maximum Gasteiger partial charge on any atom is 0.266 e. The number of carbonyl (C=O) groups excluding carboxylic acids is 1. The Balaban J connectivity index is 0.980. The lowest BCUT2D eigenvalue weighted by atomic mass is 9.72. The standard InChI is InChI=1S/C46H54ClN7O5S/c1-46(2)16-12-34(40(27-46)32-4-6-35(47)7-5-32)30-53-18-20-54(21-19-53)36-8-10-39(43(25-36)59-37-24-33-13-17-48-44(33)50-29-37)45(55)52-60(56)38-9-11-41(42(26-38)51-57-3)49-28-31-14-22-58-23-15-31/h4-11,13,17,24-26,29,31,49,51H,12,14-16,18-23,27-28,30H2,1-3H3,(H,48,50)(H,52,55)/p+1. The van der Waals surface area contributed by atoms with Gasteiger partial charge in [-0.1, -0.05) is 43.2 Å². The Labute approximate surface area is 359 Å². The molecule has 0 radical (unpaired) electrons. The van der Waals surface area contributed by atoms with E-state index in [1.807, 2.05) is 48.7 Å². The van der Waals surface area contributed by atoms with E-state index in [2.05, 4.69) is 55.8 Å². The van der Waals surface area contributed by atoms with E-state index in [1.165, 1.54) is 23.1 Å². The van der Waals surface area contributed by atoms with Crippen molar-refractivity contribution < 1.29 is 28.8 Å². The maximum absolute atomic E-state index is 14.0. The van der Waals surface area contributed by atoms with Gasteiger partial charge in [-0.2, -0.15) is 5.48 Å². The minimum atomic E-state index is -1.87. The van der Waals surface area contributed by atoms with E-state index in [0.717, 1.165) is 111 Å². The van der Waals surface area contributed by atoms with Crippen LogP contribution in [-0.2, 0) is 20.6 Å². The Hall–Kier alpha value is -4.76. The molecule has 12 nitrogen and oxygen atoms in total. The number of hydrogen-bond acceptors (Lipinski definition) is 9. The molecule has 2 aliphatic heterocycles. The molecule has 1 amide bonds. The molecular formula is C46H55ClN7O5S+. The summed E-state index contributed by atoms with van der Waals surface area (Å²) in [7, 11) is -0.287. The number of ether oxygens (including phenoxy) is 2. The third-order valence-corrected chi connectivity index (χ3v) is 13.2. The Morgan fingerprint density at radius 1 is 1.03 bits per heavy atom. The van der Waals surface area contributed by atoms with Crippen molar-refractivity contribution in [3.63, 3.8) is 0 Å². The normalized spacial score (nSPS) is 18.1. The average molecular weight is 854 g/mol. The quantitative estimate of drug-likeness (QED) is 0.0651. The summed E-state index contributed by atoms with van der Waals surface area (Å²) in [5, 5.41) is 5.16. The van der Waals surface area contributed by atoms with E-state index < -0.39 is 16.9 Å². The Kier molecular flexibility index (Phi) is 13.2. The number of quaternary nitrogens is 1. The van der Waals surface area contributed by atoms with Crippen LogP contribution in [0.25, 0.3) is 16.6 Å². The largest absolute Gasteiger partial charge is 0.455 e. The van der Waals surface area contributed by atoms with Gasteiger partial charge in [-0.3, -0.25) is 14.4 Å². The molecule has 2 aromatic heterocycles. The molecule has 14 heteroatoms. The zero-order valence-corrected chi connectivity index (χ0v) is 36.2. The van der Waals surface area contributed by atoms with Crippen LogP contribution < -0.4 is 25.2 Å². The molecule has 1 aliphatic carbocycles. The molecule has 0 saturated carbocycles. The molecule has 1 atom stereocenters. The Bertz CT molecular complexity index is 2350. The number of nitrogens with one attached hydrogen (secondary N) is 3. The number of piperazine rings is 1. The van der Waals surface area contributed by atoms with Crippen molar-refractivity contribution in [1.82, 2.24) is 19.6 Å². The van der Waals surface area contributed by atoms with Crippen LogP contribution in [0.2, 0.25) is 5.02 Å². The molecule has 60 heavy (non-hydrogen) atoms. The van der Waals surface area contributed by atoms with E-state index in [0.29, 0.717) is 22.3 Å². The second-order valence-corrected chi connectivity index (χ2v) is 18.5. The third-order valence-electron chi connectivity index (χ3n) is 11.9. The van der Waals surface area contributed by atoms with Crippen LogP contribution in [0.5, 0.6) is 11.5 Å². The zero-order valence-electron chi connectivity index (χ0n) is 34.6. The smallest absolute Gasteiger partial charge is 0.266 e. The SMILES string of the molecule is CO[NH2+]c1cc(S(=O)NC(=O)c2ccc(N3CCN(CC4=C(c5ccc(Cl)cc5)CC(C)(C)CC4)CC3)cc2Oc2cnc3[nH]ccc3c2)ccc1NCC1CCOCC1. The van der Waals surface area contributed by atoms with Crippen molar-refractivity contribution in [2.24, 2.45) is 11.3 Å². The number of anilines is 2. The van der Waals surface area contributed by atoms with Gasteiger partial charge in [-0.15, -0.1) is 0 Å². The summed E-state index contributed by atoms with van der Waals surface area (Å²) >= 11 is 6.26. The molecule has 5 aromatic rings. The third kappa shape index (κ3) is 10.2. The number of nitrogens with two attached hydrogens (primary N) is 1. The molecular weight excluding hydrogens is 798 g/mol. The molecule has 0 spiro atoms. The number of nitrogens with zero attached hydrogens (tertiary/aromatic N) is 3. The second-order valence-electron chi connectivity index (χ2n) is 16.8. The molecule has 3 aliphatic rings. The summed E-state index contributed by atoms with van der Waals surface area (Å²) in [6.07, 6.45) is 8.80. The lowest BCUT2D eigenvalue weighted by Crippen LogP contribution is -2.76. The van der Waals surface area contributed by atoms with Crippen molar-refractivity contribution in [2.45, 2.75) is 50.8 Å². The highest BCUT2D eigenvalue weighted by Crippen LogP contribution is 2.43. The number of pyridine rings is 1. The van der Waals surface area contributed by atoms with E-state index >= 15 is 0 Å². The van der Waals surface area contributed by atoms with Crippen LogP contribution in [0, 0.1) is 11.3 Å². The highest BCUT2D eigenvalue weighted by Gasteiger charge is 2.30. The van der Waals surface area contributed by atoms with Gasteiger partial charge in [0.15, 0.2) is 16.7 Å². The predicted molar refractivity (Wildman–Crippen MR) is 238 cm³/mol. The molecule has 1 unspecified atom stereocenters. The second kappa shape index (κ2) is 18.9. The van der Waals surface area contributed by atoms with Crippen molar-refractivity contribution >= 4 is 62.2 Å². The summed E-state index contributed by atoms with van der Waals surface area (Å²) in [4.78, 5) is 32.3. The number of aromatic nitrogens is 2. The lowest BCUT2D eigenvalue weighted by molar-refractivity contribution is -0.829. The van der Waals surface area contributed by atoms with Crippen LogP contribution in [0.3, 0.4) is 0 Å². The van der Waals surface area contributed by atoms with Crippen LogP contribution in [0.4, 0.5) is 17.1 Å². The van der Waals surface area contributed by atoms with Crippen LogP contribution in [0.1, 0.15) is 61.9 Å². The molecule has 3 aromatic carbocycles. The number of benzene rings is 3. The highest BCUT2D eigenvalue weighted by molar-refractivity contribution is 7.83. The summed E-state index contributed by atoms with van der Waals surface area (Å²) in [6.45, 7) is 11.5. The first kappa shape index (κ1) is 42.0. The molecule has 2 fully saturated rings. The number of aromatic amines is 1. The van der Waals surface area contributed by atoms with Crippen LogP contribution in [-0.4, -0.2) is 84.6 Å². The lowest BCUT2D eigenvalue weighted by Gasteiger charge is -2.39. The van der Waals surface area contributed by atoms with Crippen molar-refractivity contribution in [3.8, 4) is 11.5 Å². The molecule has 316 valence electrons. The van der Waals surface area contributed by atoms with Crippen LogP contribution >= 0.6 is 11.6 Å². The fourth-order valence-corrected chi connectivity index (χ4v) is 9.37. The highest BCUT2D eigenvalue weighted by atomic mass is 35.5. The monoisotopic (exact) mass is 852 g/mol. The van der Waals surface area contributed by atoms with Gasteiger partial charge in [0.05, 0.1) is 29.5 Å². The predicted octanol–water partition coefficient (Wildman–Crippen LogP) is 7.84. The van der Waals surface area contributed by atoms with Gasteiger partial charge in [0, 0.05) is 86.9 Å². The van der Waals surface area contributed by atoms with Gasteiger partial charge in [0.25, 0.3) is 5.91 Å². The number of carbonyl (C=O) groups is 1. The minimum absolute atomic E-state index is 0.263. The summed E-state index contributed by atoms with van der Waals surface area (Å²) in [5.74, 6) is 0.838. The number of H-pyrrole nitrogens is 1. The topological polar surface area (TPSA) is 138 Å². The summed E-state index contributed by atoms with van der Waals surface area (Å²) in [5.41, 5.74) is 9.69. The number of rotatable bonds is 14. The van der Waals surface area contributed by atoms with Crippen molar-refractivity contribution in [3.05, 3.63) is 107 Å². The first-order valence-corrected chi connectivity index (χ1v) is 22.4. The molecule has 0 bridgehead atoms. The van der Waals surface area contributed by atoms with Gasteiger partial charge in [-0.05, 0) is 103 Å². The van der Waals surface area contributed by atoms with Crippen molar-refractivity contribution in [1.29, 1.82) is 0 Å². The maximum atomic E-state index is 14.0. The number of halogens is 1. The number of amides is 1. The van der Waals surface area contributed by atoms with E-state index in [-0.39, 0.29) is 11.0 Å². The first-order chi connectivity index (χ1) is 29.1. The number of hydrogen-bond donors (Lipinski definition) is 4. The molecule has 4 heterocycles. The van der Waals surface area contributed by atoms with E-state index in [9.17, 15) is 9.00 Å². The fraction of sp³-hybridized carbons (Fsp3) is 0.391. The number of allylic oxidation sites excluding steroid dienone is 1. The van der Waals surface area contributed by atoms with Crippen molar-refractivity contribution in [2.75, 3.05) is 69.8 Å². The fourth-order valence-electron chi connectivity index (χ4n) is 8.42. The van der Waals surface area contributed by atoms with Gasteiger partial charge in [0.1, 0.15) is 17.1 Å². The molecule has 8 rings (SSSR count). The summed E-state index contributed by atoms with van der Waals surface area (Å²) < 4.78 is 28.4.